The average Bonchev–Trinajstić information content (AvgIpc) is 2.74. The third kappa shape index (κ3) is 4.57. The third-order valence-corrected chi connectivity index (χ3v) is 4.39. The molecule has 142 valence electrons. The molecule has 0 aliphatic heterocycles. The van der Waals surface area contributed by atoms with Crippen LogP contribution in [0.3, 0.4) is 0 Å². The van der Waals surface area contributed by atoms with Crippen LogP contribution in [0.4, 0.5) is 11.4 Å². The number of benzene rings is 3. The van der Waals surface area contributed by atoms with Crippen LogP contribution in [0.5, 0.6) is 5.75 Å². The van der Waals surface area contributed by atoms with Crippen molar-refractivity contribution in [1.29, 1.82) is 0 Å². The van der Waals surface area contributed by atoms with Crippen molar-refractivity contribution in [3.8, 4) is 5.75 Å². The first kappa shape index (κ1) is 19.2. The molecule has 0 aliphatic carbocycles. The molecule has 0 saturated heterocycles. The first-order valence-electron chi connectivity index (χ1n) is 9.05. The van der Waals surface area contributed by atoms with E-state index < -0.39 is 0 Å². The van der Waals surface area contributed by atoms with Gasteiger partial charge in [0.1, 0.15) is 5.75 Å². The number of anilines is 2. The summed E-state index contributed by atoms with van der Waals surface area (Å²) < 4.78 is 5.10. The molecule has 0 atom stereocenters. The van der Waals surface area contributed by atoms with Crippen LogP contribution in [-0.4, -0.2) is 18.9 Å². The molecule has 0 saturated carbocycles. The van der Waals surface area contributed by atoms with Crippen molar-refractivity contribution in [2.75, 3.05) is 17.7 Å². The Hall–Kier alpha value is -3.60. The standard InChI is InChI=1S/C23H22N2O3/c1-3-16-8-12-18(13-9-16)24-23(27)20-6-4-5-7-21(20)25-22(26)17-10-14-19(28-2)15-11-17/h4-15H,3H2,1-2H3,(H,24,27)(H,25,26). The predicted molar refractivity (Wildman–Crippen MR) is 111 cm³/mol. The number of hydrogen-bond acceptors (Lipinski definition) is 3. The smallest absolute Gasteiger partial charge is 0.257 e. The molecule has 0 aliphatic rings. The lowest BCUT2D eigenvalue weighted by atomic mass is 10.1. The molecule has 0 spiro atoms. The Labute approximate surface area is 164 Å². The van der Waals surface area contributed by atoms with Crippen molar-refractivity contribution >= 4 is 23.2 Å². The van der Waals surface area contributed by atoms with Gasteiger partial charge >= 0.3 is 0 Å². The molecule has 5 nitrogen and oxygen atoms in total. The number of hydrogen-bond donors (Lipinski definition) is 2. The Bertz CT molecular complexity index is 964. The summed E-state index contributed by atoms with van der Waals surface area (Å²) in [4.78, 5) is 25.2. The number of amides is 2. The Kier molecular flexibility index (Phi) is 6.07. The molecule has 3 aromatic rings. The fourth-order valence-electron chi connectivity index (χ4n) is 2.75. The lowest BCUT2D eigenvalue weighted by molar-refractivity contribution is 0.102. The predicted octanol–water partition coefficient (Wildman–Crippen LogP) is 4.76. The molecule has 0 unspecified atom stereocenters. The van der Waals surface area contributed by atoms with Gasteiger partial charge in [0, 0.05) is 11.3 Å². The van der Waals surface area contributed by atoms with Crippen molar-refractivity contribution < 1.29 is 14.3 Å². The van der Waals surface area contributed by atoms with E-state index in [0.717, 1.165) is 6.42 Å². The van der Waals surface area contributed by atoms with Gasteiger partial charge in [-0.2, -0.15) is 0 Å². The van der Waals surface area contributed by atoms with Crippen LogP contribution in [0.1, 0.15) is 33.2 Å². The number of carbonyl (C=O) groups is 2. The van der Waals surface area contributed by atoms with Crippen LogP contribution < -0.4 is 15.4 Å². The van der Waals surface area contributed by atoms with Gasteiger partial charge in [0.05, 0.1) is 18.4 Å². The first-order valence-corrected chi connectivity index (χ1v) is 9.05. The fourth-order valence-corrected chi connectivity index (χ4v) is 2.75. The van der Waals surface area contributed by atoms with Crippen molar-refractivity contribution in [2.45, 2.75) is 13.3 Å². The minimum absolute atomic E-state index is 0.283. The lowest BCUT2D eigenvalue weighted by Gasteiger charge is -2.12. The molecule has 2 N–H and O–H groups in total. The number of para-hydroxylation sites is 1. The van der Waals surface area contributed by atoms with Gasteiger partial charge in [-0.15, -0.1) is 0 Å². The second-order valence-corrected chi connectivity index (χ2v) is 6.23. The highest BCUT2D eigenvalue weighted by Crippen LogP contribution is 2.20. The second kappa shape index (κ2) is 8.86. The molecule has 3 aromatic carbocycles. The molecule has 2 amide bonds. The molecule has 0 fully saturated rings. The Balaban J connectivity index is 1.75. The zero-order chi connectivity index (χ0) is 19.9. The van der Waals surface area contributed by atoms with E-state index in [0.29, 0.717) is 28.3 Å². The van der Waals surface area contributed by atoms with E-state index >= 15 is 0 Å². The summed E-state index contributed by atoms with van der Waals surface area (Å²) in [5.74, 6) is 0.0931. The SMILES string of the molecule is CCc1ccc(NC(=O)c2ccccc2NC(=O)c2ccc(OC)cc2)cc1. The van der Waals surface area contributed by atoms with Crippen LogP contribution in [-0.2, 0) is 6.42 Å². The molecule has 28 heavy (non-hydrogen) atoms. The summed E-state index contributed by atoms with van der Waals surface area (Å²) in [6.45, 7) is 2.08. The molecule has 0 bridgehead atoms. The van der Waals surface area contributed by atoms with Gasteiger partial charge in [0.25, 0.3) is 11.8 Å². The number of carbonyl (C=O) groups excluding carboxylic acids is 2. The molecular formula is C23H22N2O3. The molecular weight excluding hydrogens is 352 g/mol. The second-order valence-electron chi connectivity index (χ2n) is 6.23. The maximum absolute atomic E-state index is 12.7. The van der Waals surface area contributed by atoms with Crippen LogP contribution in [0.25, 0.3) is 0 Å². The third-order valence-electron chi connectivity index (χ3n) is 4.39. The van der Waals surface area contributed by atoms with E-state index in [2.05, 4.69) is 17.6 Å². The maximum atomic E-state index is 12.7. The summed E-state index contributed by atoms with van der Waals surface area (Å²) in [5.41, 5.74) is 3.23. The Morgan fingerprint density at radius 3 is 2.14 bits per heavy atom. The van der Waals surface area contributed by atoms with Gasteiger partial charge in [0.2, 0.25) is 0 Å². The van der Waals surface area contributed by atoms with Crippen molar-refractivity contribution in [1.82, 2.24) is 0 Å². The number of rotatable bonds is 6. The largest absolute Gasteiger partial charge is 0.497 e. The van der Waals surface area contributed by atoms with Crippen molar-refractivity contribution in [3.05, 3.63) is 89.5 Å². The van der Waals surface area contributed by atoms with Gasteiger partial charge in [-0.05, 0) is 60.5 Å². The quantitative estimate of drug-likeness (QED) is 0.653. The highest BCUT2D eigenvalue weighted by Gasteiger charge is 2.14. The summed E-state index contributed by atoms with van der Waals surface area (Å²) in [6.07, 6.45) is 0.939. The van der Waals surface area contributed by atoms with E-state index in [1.54, 1.807) is 55.6 Å². The van der Waals surface area contributed by atoms with Crippen LogP contribution in [0.15, 0.2) is 72.8 Å². The van der Waals surface area contributed by atoms with Crippen LogP contribution >= 0.6 is 0 Å². The van der Waals surface area contributed by atoms with Crippen molar-refractivity contribution in [2.24, 2.45) is 0 Å². The zero-order valence-corrected chi connectivity index (χ0v) is 15.9. The number of ether oxygens (including phenoxy) is 1. The topological polar surface area (TPSA) is 67.4 Å². The highest BCUT2D eigenvalue weighted by atomic mass is 16.5. The first-order chi connectivity index (χ1) is 13.6. The van der Waals surface area contributed by atoms with Crippen molar-refractivity contribution in [3.63, 3.8) is 0 Å². The van der Waals surface area contributed by atoms with Gasteiger partial charge < -0.3 is 15.4 Å². The van der Waals surface area contributed by atoms with Gasteiger partial charge in [-0.1, -0.05) is 31.2 Å². The number of nitrogens with one attached hydrogen (secondary N) is 2. The summed E-state index contributed by atoms with van der Waals surface area (Å²) in [6, 6.07) is 21.4. The molecule has 0 heterocycles. The monoisotopic (exact) mass is 374 g/mol. The van der Waals surface area contributed by atoms with Gasteiger partial charge in [0.15, 0.2) is 0 Å². The summed E-state index contributed by atoms with van der Waals surface area (Å²) in [7, 11) is 1.57. The minimum atomic E-state index is -0.296. The minimum Gasteiger partial charge on any atom is -0.497 e. The summed E-state index contributed by atoms with van der Waals surface area (Å²) >= 11 is 0. The fraction of sp³-hybridized carbons (Fsp3) is 0.130. The molecule has 0 radical (unpaired) electrons. The Morgan fingerprint density at radius 2 is 1.50 bits per heavy atom. The molecule has 3 rings (SSSR count). The van der Waals surface area contributed by atoms with Gasteiger partial charge in [-0.3, -0.25) is 9.59 Å². The van der Waals surface area contributed by atoms with Crippen LogP contribution in [0, 0.1) is 0 Å². The molecule has 5 heteroatoms. The van der Waals surface area contributed by atoms with E-state index in [1.165, 1.54) is 5.56 Å². The lowest BCUT2D eigenvalue weighted by Crippen LogP contribution is -2.18. The van der Waals surface area contributed by atoms with E-state index in [9.17, 15) is 9.59 Å². The highest BCUT2D eigenvalue weighted by molar-refractivity contribution is 6.12. The Morgan fingerprint density at radius 1 is 0.821 bits per heavy atom. The van der Waals surface area contributed by atoms with Gasteiger partial charge in [-0.25, -0.2) is 0 Å². The van der Waals surface area contributed by atoms with Crippen LogP contribution in [0.2, 0.25) is 0 Å². The normalized spacial score (nSPS) is 10.2. The zero-order valence-electron chi connectivity index (χ0n) is 15.9. The van der Waals surface area contributed by atoms with E-state index in [1.807, 2.05) is 24.3 Å². The van der Waals surface area contributed by atoms with E-state index in [4.69, 9.17) is 4.74 Å². The number of methoxy groups -OCH3 is 1. The molecule has 0 aromatic heterocycles. The maximum Gasteiger partial charge on any atom is 0.257 e. The number of aryl methyl sites for hydroxylation is 1. The average molecular weight is 374 g/mol. The summed E-state index contributed by atoms with van der Waals surface area (Å²) in [5, 5.41) is 5.68. The van der Waals surface area contributed by atoms with E-state index in [-0.39, 0.29) is 11.8 Å².